The molecule has 0 aliphatic heterocycles. The molecule has 108 valence electrons. The number of nitrogens with zero attached hydrogens (tertiary/aromatic N) is 2. The van der Waals surface area contributed by atoms with E-state index in [-0.39, 0.29) is 5.82 Å². The Balaban J connectivity index is 2.23. The third-order valence-corrected chi connectivity index (χ3v) is 3.13. The average Bonchev–Trinajstić information content (AvgIpc) is 2.82. The highest BCUT2D eigenvalue weighted by Gasteiger charge is 2.20. The van der Waals surface area contributed by atoms with Gasteiger partial charge in [-0.15, -0.1) is 0 Å². The van der Waals surface area contributed by atoms with Crippen LogP contribution >= 0.6 is 0 Å². The molecular formula is C15H19FN2O2. The molecule has 5 heteroatoms. The quantitative estimate of drug-likeness (QED) is 0.883. The lowest BCUT2D eigenvalue weighted by atomic mass is 10.1. The van der Waals surface area contributed by atoms with Gasteiger partial charge in [-0.25, -0.2) is 4.39 Å². The summed E-state index contributed by atoms with van der Waals surface area (Å²) in [5.41, 5.74) is 1.38. The molecule has 0 bridgehead atoms. The van der Waals surface area contributed by atoms with Crippen LogP contribution in [0.4, 0.5) is 4.39 Å². The number of aromatic nitrogens is 2. The summed E-state index contributed by atoms with van der Waals surface area (Å²) in [6.45, 7) is 2.75. The number of benzene rings is 1. The lowest BCUT2D eigenvalue weighted by Crippen LogP contribution is -2.12. The number of aliphatic hydroxyl groups is 1. The highest BCUT2D eigenvalue weighted by Crippen LogP contribution is 2.27. The molecule has 1 unspecified atom stereocenters. The zero-order chi connectivity index (χ0) is 14.5. The van der Waals surface area contributed by atoms with Crippen LogP contribution in [0.25, 0.3) is 0 Å². The number of aliphatic hydroxyl groups excluding tert-OH is 1. The van der Waals surface area contributed by atoms with Crippen molar-refractivity contribution in [2.75, 3.05) is 7.11 Å². The number of aryl methyl sites for hydroxylation is 1. The summed E-state index contributed by atoms with van der Waals surface area (Å²) in [6, 6.07) is 6.24. The topological polar surface area (TPSA) is 47.3 Å². The van der Waals surface area contributed by atoms with Crippen LogP contribution in [0.3, 0.4) is 0 Å². The van der Waals surface area contributed by atoms with Crippen molar-refractivity contribution in [2.45, 2.75) is 32.4 Å². The number of hydrogen-bond donors (Lipinski definition) is 1. The molecule has 1 N–H and O–H groups in total. The van der Waals surface area contributed by atoms with Gasteiger partial charge in [0.1, 0.15) is 17.6 Å². The van der Waals surface area contributed by atoms with Crippen molar-refractivity contribution in [3.63, 3.8) is 0 Å². The summed E-state index contributed by atoms with van der Waals surface area (Å²) < 4.78 is 20.2. The summed E-state index contributed by atoms with van der Waals surface area (Å²) >= 11 is 0. The largest absolute Gasteiger partial charge is 0.493 e. The molecule has 2 aromatic rings. The Bertz CT molecular complexity index is 569. The molecular weight excluding hydrogens is 259 g/mol. The Morgan fingerprint density at radius 1 is 1.45 bits per heavy atom. The lowest BCUT2D eigenvalue weighted by Gasteiger charge is -2.15. The van der Waals surface area contributed by atoms with Crippen molar-refractivity contribution in [1.29, 1.82) is 0 Å². The minimum absolute atomic E-state index is 0.302. The molecule has 0 saturated heterocycles. The normalized spacial score (nSPS) is 12.4. The highest BCUT2D eigenvalue weighted by atomic mass is 19.1. The average molecular weight is 278 g/mol. The molecule has 0 radical (unpaired) electrons. The molecule has 0 aliphatic rings. The fraction of sp³-hybridized carbons (Fsp3) is 0.400. The SMILES string of the molecule is CCCn1ncc(OC)c1C(O)Cc1cccc(F)c1. The Morgan fingerprint density at radius 3 is 2.90 bits per heavy atom. The van der Waals surface area contributed by atoms with Gasteiger partial charge in [0.05, 0.1) is 13.3 Å². The highest BCUT2D eigenvalue weighted by molar-refractivity contribution is 5.29. The maximum Gasteiger partial charge on any atom is 0.162 e. The van der Waals surface area contributed by atoms with E-state index in [1.807, 2.05) is 6.92 Å². The standard InChI is InChI=1S/C15H19FN2O2/c1-3-7-18-15(14(20-2)10-17-18)13(19)9-11-5-4-6-12(16)8-11/h4-6,8,10,13,19H,3,7,9H2,1-2H3. The van der Waals surface area contributed by atoms with Gasteiger partial charge in [0, 0.05) is 13.0 Å². The Kier molecular flexibility index (Phi) is 4.74. The van der Waals surface area contributed by atoms with E-state index in [4.69, 9.17) is 4.74 Å². The van der Waals surface area contributed by atoms with Crippen LogP contribution in [-0.2, 0) is 13.0 Å². The van der Waals surface area contributed by atoms with Gasteiger partial charge >= 0.3 is 0 Å². The second-order valence-corrected chi connectivity index (χ2v) is 4.67. The van der Waals surface area contributed by atoms with E-state index in [0.29, 0.717) is 24.4 Å². The van der Waals surface area contributed by atoms with Crippen LogP contribution in [0.5, 0.6) is 5.75 Å². The Labute approximate surface area is 117 Å². The third kappa shape index (κ3) is 3.17. The van der Waals surface area contributed by atoms with E-state index in [0.717, 1.165) is 12.0 Å². The molecule has 0 fully saturated rings. The van der Waals surface area contributed by atoms with Gasteiger partial charge in [-0.2, -0.15) is 5.10 Å². The number of ether oxygens (including phenoxy) is 1. The van der Waals surface area contributed by atoms with Gasteiger partial charge in [0.25, 0.3) is 0 Å². The van der Waals surface area contributed by atoms with E-state index in [1.165, 1.54) is 12.1 Å². The van der Waals surface area contributed by atoms with E-state index < -0.39 is 6.10 Å². The van der Waals surface area contributed by atoms with Crippen LogP contribution in [0, 0.1) is 5.82 Å². The van der Waals surface area contributed by atoms with Crippen molar-refractivity contribution < 1.29 is 14.2 Å². The van der Waals surface area contributed by atoms with Crippen LogP contribution in [0.1, 0.15) is 30.7 Å². The first-order chi connectivity index (χ1) is 9.65. The van der Waals surface area contributed by atoms with Crippen LogP contribution in [0.2, 0.25) is 0 Å². The lowest BCUT2D eigenvalue weighted by molar-refractivity contribution is 0.162. The first-order valence-corrected chi connectivity index (χ1v) is 6.68. The molecule has 1 aromatic carbocycles. The smallest absolute Gasteiger partial charge is 0.162 e. The maximum atomic E-state index is 13.2. The van der Waals surface area contributed by atoms with Crippen LogP contribution < -0.4 is 4.74 Å². The van der Waals surface area contributed by atoms with Gasteiger partial charge in [-0.3, -0.25) is 4.68 Å². The second kappa shape index (κ2) is 6.52. The molecule has 20 heavy (non-hydrogen) atoms. The van der Waals surface area contributed by atoms with Gasteiger partial charge in [-0.1, -0.05) is 19.1 Å². The molecule has 1 heterocycles. The monoisotopic (exact) mass is 278 g/mol. The zero-order valence-electron chi connectivity index (χ0n) is 11.7. The number of hydrogen-bond acceptors (Lipinski definition) is 3. The van der Waals surface area contributed by atoms with Crippen molar-refractivity contribution in [1.82, 2.24) is 9.78 Å². The first-order valence-electron chi connectivity index (χ1n) is 6.68. The summed E-state index contributed by atoms with van der Waals surface area (Å²) in [5, 5.41) is 14.6. The van der Waals surface area contributed by atoms with E-state index in [2.05, 4.69) is 5.10 Å². The summed E-state index contributed by atoms with van der Waals surface area (Å²) in [6.07, 6.45) is 2.05. The number of halogens is 1. The zero-order valence-corrected chi connectivity index (χ0v) is 11.7. The van der Waals surface area contributed by atoms with Gasteiger partial charge in [0.2, 0.25) is 0 Å². The Hall–Kier alpha value is -1.88. The van der Waals surface area contributed by atoms with Crippen molar-refractivity contribution in [3.8, 4) is 5.75 Å². The van der Waals surface area contributed by atoms with Gasteiger partial charge < -0.3 is 9.84 Å². The predicted octanol–water partition coefficient (Wildman–Crippen LogP) is 2.72. The minimum Gasteiger partial charge on any atom is -0.493 e. The predicted molar refractivity (Wildman–Crippen MR) is 74.1 cm³/mol. The van der Waals surface area contributed by atoms with Crippen molar-refractivity contribution >= 4 is 0 Å². The van der Waals surface area contributed by atoms with Crippen molar-refractivity contribution in [2.24, 2.45) is 0 Å². The summed E-state index contributed by atoms with van der Waals surface area (Å²) in [4.78, 5) is 0. The van der Waals surface area contributed by atoms with E-state index >= 15 is 0 Å². The summed E-state index contributed by atoms with van der Waals surface area (Å²) in [5.74, 6) is 0.256. The number of methoxy groups -OCH3 is 1. The molecule has 0 aliphatic carbocycles. The number of rotatable bonds is 6. The minimum atomic E-state index is -0.777. The molecule has 0 spiro atoms. The molecule has 2 rings (SSSR count). The second-order valence-electron chi connectivity index (χ2n) is 4.67. The Morgan fingerprint density at radius 2 is 2.25 bits per heavy atom. The van der Waals surface area contributed by atoms with E-state index in [1.54, 1.807) is 30.1 Å². The van der Waals surface area contributed by atoms with Gasteiger partial charge in [-0.05, 0) is 24.1 Å². The molecule has 1 aromatic heterocycles. The first kappa shape index (κ1) is 14.5. The molecule has 0 amide bonds. The third-order valence-electron chi connectivity index (χ3n) is 3.13. The van der Waals surface area contributed by atoms with E-state index in [9.17, 15) is 9.50 Å². The fourth-order valence-electron chi connectivity index (χ4n) is 2.25. The van der Waals surface area contributed by atoms with Gasteiger partial charge in [0.15, 0.2) is 5.75 Å². The van der Waals surface area contributed by atoms with Crippen LogP contribution in [-0.4, -0.2) is 22.0 Å². The molecule has 1 atom stereocenters. The molecule has 0 saturated carbocycles. The van der Waals surface area contributed by atoms with Crippen LogP contribution in [0.15, 0.2) is 30.5 Å². The fourth-order valence-corrected chi connectivity index (χ4v) is 2.25. The van der Waals surface area contributed by atoms with Crippen molar-refractivity contribution in [3.05, 3.63) is 47.5 Å². The summed E-state index contributed by atoms with van der Waals surface area (Å²) in [7, 11) is 1.55. The molecule has 4 nitrogen and oxygen atoms in total. The maximum absolute atomic E-state index is 13.2.